The SMILES string of the molecule is [CH2]C(C)(C)C(C)CCCC(C)C. The number of hydrogen-bond donors (Lipinski definition) is 0. The van der Waals surface area contributed by atoms with Crippen LogP contribution in [0.3, 0.4) is 0 Å². The average molecular weight is 169 g/mol. The lowest BCUT2D eigenvalue weighted by molar-refractivity contribution is 0.274. The van der Waals surface area contributed by atoms with Gasteiger partial charge in [0.25, 0.3) is 0 Å². The van der Waals surface area contributed by atoms with Gasteiger partial charge in [-0.05, 0) is 24.2 Å². The summed E-state index contributed by atoms with van der Waals surface area (Å²) in [6.07, 6.45) is 4.05. The number of hydrogen-bond acceptors (Lipinski definition) is 0. The van der Waals surface area contributed by atoms with Crippen LogP contribution in [0, 0.1) is 24.2 Å². The highest BCUT2D eigenvalue weighted by Gasteiger charge is 2.19. The molecule has 0 fully saturated rings. The van der Waals surface area contributed by atoms with Gasteiger partial charge in [0, 0.05) is 0 Å². The van der Waals surface area contributed by atoms with Gasteiger partial charge >= 0.3 is 0 Å². The van der Waals surface area contributed by atoms with E-state index in [1.165, 1.54) is 19.3 Å². The zero-order valence-electron chi connectivity index (χ0n) is 9.48. The van der Waals surface area contributed by atoms with Gasteiger partial charge in [-0.2, -0.15) is 0 Å². The van der Waals surface area contributed by atoms with Crippen LogP contribution in [-0.4, -0.2) is 0 Å². The minimum Gasteiger partial charge on any atom is -0.0628 e. The summed E-state index contributed by atoms with van der Waals surface area (Å²) in [6.45, 7) is 15.5. The van der Waals surface area contributed by atoms with Crippen molar-refractivity contribution in [2.24, 2.45) is 17.3 Å². The van der Waals surface area contributed by atoms with Crippen molar-refractivity contribution < 1.29 is 0 Å². The molecule has 0 aliphatic heterocycles. The lowest BCUT2D eigenvalue weighted by atomic mass is 9.79. The third-order valence-electron chi connectivity index (χ3n) is 2.75. The first-order chi connectivity index (χ1) is 5.34. The predicted octanol–water partition coefficient (Wildman–Crippen LogP) is 4.31. The van der Waals surface area contributed by atoms with E-state index in [0.29, 0.717) is 0 Å². The molecular weight excluding hydrogens is 144 g/mol. The molecule has 0 aliphatic rings. The maximum atomic E-state index is 4.17. The van der Waals surface area contributed by atoms with Crippen molar-refractivity contribution >= 4 is 0 Å². The predicted molar refractivity (Wildman–Crippen MR) is 57.0 cm³/mol. The van der Waals surface area contributed by atoms with Gasteiger partial charge in [0.2, 0.25) is 0 Å². The molecule has 0 heterocycles. The van der Waals surface area contributed by atoms with E-state index in [4.69, 9.17) is 0 Å². The Balaban J connectivity index is 3.51. The molecule has 1 atom stereocenters. The summed E-state index contributed by atoms with van der Waals surface area (Å²) in [6, 6.07) is 0. The van der Waals surface area contributed by atoms with Crippen LogP contribution >= 0.6 is 0 Å². The third kappa shape index (κ3) is 5.62. The summed E-state index contributed by atoms with van der Waals surface area (Å²) in [4.78, 5) is 0. The molecular formula is C12H25. The van der Waals surface area contributed by atoms with Crippen LogP contribution in [0.5, 0.6) is 0 Å². The minimum atomic E-state index is 0.247. The van der Waals surface area contributed by atoms with E-state index in [1.807, 2.05) is 0 Å². The third-order valence-corrected chi connectivity index (χ3v) is 2.75. The molecule has 0 aromatic heterocycles. The average Bonchev–Trinajstić information content (AvgIpc) is 1.84. The molecule has 0 N–H and O–H groups in total. The van der Waals surface area contributed by atoms with Crippen molar-refractivity contribution in [1.29, 1.82) is 0 Å². The Morgan fingerprint density at radius 1 is 1.08 bits per heavy atom. The second-order valence-electron chi connectivity index (χ2n) is 5.21. The van der Waals surface area contributed by atoms with Crippen molar-refractivity contribution in [3.05, 3.63) is 6.92 Å². The monoisotopic (exact) mass is 169 g/mol. The molecule has 73 valence electrons. The maximum absolute atomic E-state index is 4.17. The molecule has 0 aromatic carbocycles. The first-order valence-electron chi connectivity index (χ1n) is 5.19. The van der Waals surface area contributed by atoms with Crippen molar-refractivity contribution in [3.8, 4) is 0 Å². The van der Waals surface area contributed by atoms with Gasteiger partial charge in [-0.3, -0.25) is 0 Å². The van der Waals surface area contributed by atoms with Crippen LogP contribution in [-0.2, 0) is 0 Å². The quantitative estimate of drug-likeness (QED) is 0.575. The highest BCUT2D eigenvalue weighted by atomic mass is 14.2. The Bertz CT molecular complexity index is 106. The van der Waals surface area contributed by atoms with Crippen LogP contribution in [0.1, 0.15) is 53.9 Å². The van der Waals surface area contributed by atoms with Crippen molar-refractivity contribution in [3.63, 3.8) is 0 Å². The van der Waals surface area contributed by atoms with Gasteiger partial charge in [-0.25, -0.2) is 0 Å². The Morgan fingerprint density at radius 2 is 1.58 bits per heavy atom. The fraction of sp³-hybridized carbons (Fsp3) is 0.917. The molecule has 0 spiro atoms. The second kappa shape index (κ2) is 4.89. The fourth-order valence-corrected chi connectivity index (χ4v) is 1.22. The van der Waals surface area contributed by atoms with E-state index < -0.39 is 0 Å². The van der Waals surface area contributed by atoms with Gasteiger partial charge in [-0.15, -0.1) is 0 Å². The van der Waals surface area contributed by atoms with Gasteiger partial charge in [-0.1, -0.05) is 53.9 Å². The Labute approximate surface area is 78.8 Å². The number of rotatable bonds is 5. The first-order valence-corrected chi connectivity index (χ1v) is 5.19. The van der Waals surface area contributed by atoms with E-state index in [-0.39, 0.29) is 5.41 Å². The van der Waals surface area contributed by atoms with Crippen molar-refractivity contribution in [2.75, 3.05) is 0 Å². The van der Waals surface area contributed by atoms with Crippen LogP contribution in [0.15, 0.2) is 0 Å². The Hall–Kier alpha value is 0. The molecule has 0 bridgehead atoms. The molecule has 0 aliphatic carbocycles. The van der Waals surface area contributed by atoms with E-state index in [2.05, 4.69) is 41.5 Å². The summed E-state index contributed by atoms with van der Waals surface area (Å²) < 4.78 is 0. The lowest BCUT2D eigenvalue weighted by Gasteiger charge is -2.27. The second-order valence-corrected chi connectivity index (χ2v) is 5.21. The van der Waals surface area contributed by atoms with E-state index in [9.17, 15) is 0 Å². The summed E-state index contributed by atoms with van der Waals surface area (Å²) in [5.74, 6) is 1.60. The first kappa shape index (κ1) is 12.0. The van der Waals surface area contributed by atoms with Crippen LogP contribution < -0.4 is 0 Å². The largest absolute Gasteiger partial charge is 0.0628 e. The van der Waals surface area contributed by atoms with Gasteiger partial charge in [0.05, 0.1) is 0 Å². The molecule has 0 nitrogen and oxygen atoms in total. The topological polar surface area (TPSA) is 0 Å². The van der Waals surface area contributed by atoms with Crippen LogP contribution in [0.2, 0.25) is 0 Å². The van der Waals surface area contributed by atoms with E-state index >= 15 is 0 Å². The zero-order chi connectivity index (χ0) is 9.78. The standard InChI is InChI=1S/C12H25/c1-10(2)8-7-9-11(3)12(4,5)6/h10-11H,4,7-9H2,1-3,5-6H3. The molecule has 0 aromatic rings. The Kier molecular flexibility index (Phi) is 4.89. The highest BCUT2D eigenvalue weighted by Crippen LogP contribution is 2.29. The van der Waals surface area contributed by atoms with Crippen molar-refractivity contribution in [2.45, 2.75) is 53.9 Å². The highest BCUT2D eigenvalue weighted by molar-refractivity contribution is 4.77. The molecule has 0 rings (SSSR count). The fourth-order valence-electron chi connectivity index (χ4n) is 1.22. The Morgan fingerprint density at radius 3 is 1.92 bits per heavy atom. The van der Waals surface area contributed by atoms with E-state index in [0.717, 1.165) is 11.8 Å². The van der Waals surface area contributed by atoms with Gasteiger partial charge in [0.1, 0.15) is 0 Å². The lowest BCUT2D eigenvalue weighted by Crippen LogP contribution is -2.17. The summed E-state index contributed by atoms with van der Waals surface area (Å²) in [5, 5.41) is 0. The summed E-state index contributed by atoms with van der Waals surface area (Å²) in [5.41, 5.74) is 0.247. The van der Waals surface area contributed by atoms with Gasteiger partial charge in [0.15, 0.2) is 0 Å². The van der Waals surface area contributed by atoms with Gasteiger partial charge < -0.3 is 0 Å². The van der Waals surface area contributed by atoms with Crippen LogP contribution in [0.25, 0.3) is 0 Å². The normalized spacial score (nSPS) is 15.2. The van der Waals surface area contributed by atoms with Crippen LogP contribution in [0.4, 0.5) is 0 Å². The van der Waals surface area contributed by atoms with E-state index in [1.54, 1.807) is 0 Å². The molecule has 1 radical (unpaired) electrons. The summed E-state index contributed by atoms with van der Waals surface area (Å²) >= 11 is 0. The maximum Gasteiger partial charge on any atom is -0.0328 e. The zero-order valence-corrected chi connectivity index (χ0v) is 9.48. The summed E-state index contributed by atoms with van der Waals surface area (Å²) in [7, 11) is 0. The molecule has 1 unspecified atom stereocenters. The minimum absolute atomic E-state index is 0.247. The molecule has 0 saturated carbocycles. The smallest absolute Gasteiger partial charge is 0.0328 e. The van der Waals surface area contributed by atoms with Crippen molar-refractivity contribution in [1.82, 2.24) is 0 Å². The molecule has 12 heavy (non-hydrogen) atoms. The molecule has 0 saturated heterocycles. The molecule has 0 heteroatoms. The molecule has 0 amide bonds.